The van der Waals surface area contributed by atoms with Gasteiger partial charge in [-0.1, -0.05) is 64.5 Å². The van der Waals surface area contributed by atoms with Crippen molar-refractivity contribution >= 4 is 39.0 Å². The van der Waals surface area contributed by atoms with E-state index >= 15 is 0 Å². The van der Waals surface area contributed by atoms with Crippen LogP contribution in [0.2, 0.25) is 0 Å². The summed E-state index contributed by atoms with van der Waals surface area (Å²) in [6.07, 6.45) is 0. The van der Waals surface area contributed by atoms with Crippen LogP contribution in [0.3, 0.4) is 0 Å². The Kier molecular flexibility index (Phi) is 6.48. The quantitative estimate of drug-likeness (QED) is 0.244. The summed E-state index contributed by atoms with van der Waals surface area (Å²) >= 11 is 5.17. The van der Waals surface area contributed by atoms with E-state index in [2.05, 4.69) is 40.2 Å². The fraction of sp³-hybridized carbons (Fsp3) is 0.0870. The molecule has 0 aliphatic rings. The molecule has 0 saturated carbocycles. The second-order valence-electron chi connectivity index (χ2n) is 5.91. The van der Waals surface area contributed by atoms with Crippen molar-refractivity contribution in [3.05, 3.63) is 106 Å². The molecular formula is C23H19BrOS. The van der Waals surface area contributed by atoms with Crippen molar-refractivity contribution in [3.8, 4) is 0 Å². The molecule has 1 nitrogen and oxygen atoms in total. The first-order valence-corrected chi connectivity index (χ1v) is 10.2. The zero-order valence-electron chi connectivity index (χ0n) is 14.5. The summed E-state index contributed by atoms with van der Waals surface area (Å²) in [5.41, 5.74) is 3.68. The molecule has 0 unspecified atom stereocenters. The molecule has 3 aromatic rings. The number of thioether (sulfide) groups is 1. The number of carbonyl (C=O) groups excluding carboxylic acids is 1. The number of carbonyl (C=O) groups is 1. The van der Waals surface area contributed by atoms with Crippen molar-refractivity contribution in [1.29, 1.82) is 0 Å². The molecule has 0 amide bonds. The van der Waals surface area contributed by atoms with Crippen LogP contribution in [0.1, 0.15) is 22.8 Å². The molecule has 0 fully saturated rings. The lowest BCUT2D eigenvalue weighted by molar-refractivity contribution is 0.103. The second-order valence-corrected chi connectivity index (χ2v) is 7.87. The Labute approximate surface area is 167 Å². The first-order chi connectivity index (χ1) is 12.6. The van der Waals surface area contributed by atoms with Crippen LogP contribution in [0.4, 0.5) is 0 Å². The van der Waals surface area contributed by atoms with E-state index < -0.39 is 0 Å². The van der Waals surface area contributed by atoms with E-state index in [-0.39, 0.29) is 5.78 Å². The van der Waals surface area contributed by atoms with Gasteiger partial charge in [0.25, 0.3) is 0 Å². The Morgan fingerprint density at radius 3 is 2.00 bits per heavy atom. The Morgan fingerprint density at radius 2 is 1.38 bits per heavy atom. The smallest absolute Gasteiger partial charge is 0.189 e. The maximum absolute atomic E-state index is 13.0. The molecule has 0 bridgehead atoms. The van der Waals surface area contributed by atoms with E-state index in [1.807, 2.05) is 67.6 Å². The summed E-state index contributed by atoms with van der Waals surface area (Å²) < 4.78 is 0.971. The molecule has 3 heteroatoms. The molecule has 0 aliphatic carbocycles. The minimum atomic E-state index is 0.0741. The molecule has 0 N–H and O–H groups in total. The monoisotopic (exact) mass is 422 g/mol. The highest BCUT2D eigenvalue weighted by Crippen LogP contribution is 2.29. The van der Waals surface area contributed by atoms with Crippen molar-refractivity contribution in [2.45, 2.75) is 11.8 Å². The van der Waals surface area contributed by atoms with E-state index in [1.165, 1.54) is 4.90 Å². The molecule has 3 rings (SSSR count). The summed E-state index contributed by atoms with van der Waals surface area (Å²) in [5, 5.41) is 0. The SMILES string of the molecule is C/C(C(=O)c1ccc(Br)cc1)=C(\CSc1ccccc1)c1ccccc1. The highest BCUT2D eigenvalue weighted by molar-refractivity contribution is 9.10. The third-order valence-electron chi connectivity index (χ3n) is 4.15. The molecule has 130 valence electrons. The van der Waals surface area contributed by atoms with E-state index in [0.717, 1.165) is 26.9 Å². The van der Waals surface area contributed by atoms with Crippen molar-refractivity contribution < 1.29 is 4.79 Å². The molecule has 0 radical (unpaired) electrons. The van der Waals surface area contributed by atoms with Crippen LogP contribution in [0.15, 0.2) is 99.9 Å². The molecule has 0 spiro atoms. The number of halogens is 1. The van der Waals surface area contributed by atoms with Gasteiger partial charge in [0.15, 0.2) is 5.78 Å². The number of hydrogen-bond donors (Lipinski definition) is 0. The lowest BCUT2D eigenvalue weighted by Crippen LogP contribution is -2.05. The molecule has 0 heterocycles. The van der Waals surface area contributed by atoms with Crippen molar-refractivity contribution in [3.63, 3.8) is 0 Å². The Hall–Kier alpha value is -2.10. The molecule has 0 aromatic heterocycles. The summed E-state index contributed by atoms with van der Waals surface area (Å²) in [5.74, 6) is 0.826. The average Bonchev–Trinajstić information content (AvgIpc) is 2.69. The van der Waals surface area contributed by atoms with Crippen LogP contribution >= 0.6 is 27.7 Å². The highest BCUT2D eigenvalue weighted by Gasteiger charge is 2.15. The number of ketones is 1. The molecule has 0 saturated heterocycles. The second kappa shape index (κ2) is 9.02. The highest BCUT2D eigenvalue weighted by atomic mass is 79.9. The molecule has 3 aromatic carbocycles. The third kappa shape index (κ3) is 4.75. The van der Waals surface area contributed by atoms with E-state index in [1.54, 1.807) is 11.8 Å². The summed E-state index contributed by atoms with van der Waals surface area (Å²) in [6, 6.07) is 28.0. The minimum Gasteiger partial charge on any atom is -0.289 e. The van der Waals surface area contributed by atoms with E-state index in [9.17, 15) is 4.79 Å². The molecule has 26 heavy (non-hydrogen) atoms. The zero-order valence-corrected chi connectivity index (χ0v) is 16.9. The average molecular weight is 423 g/mol. The fourth-order valence-corrected chi connectivity index (χ4v) is 3.98. The summed E-state index contributed by atoms with van der Waals surface area (Å²) in [4.78, 5) is 14.2. The van der Waals surface area contributed by atoms with Gasteiger partial charge >= 0.3 is 0 Å². The van der Waals surface area contributed by atoms with E-state index in [0.29, 0.717) is 5.56 Å². The zero-order chi connectivity index (χ0) is 18.4. The first-order valence-electron chi connectivity index (χ1n) is 8.38. The van der Waals surface area contributed by atoms with Gasteiger partial charge in [0.1, 0.15) is 0 Å². The van der Waals surface area contributed by atoms with Crippen LogP contribution in [0, 0.1) is 0 Å². The maximum atomic E-state index is 13.0. The topological polar surface area (TPSA) is 17.1 Å². The predicted molar refractivity (Wildman–Crippen MR) is 115 cm³/mol. The Morgan fingerprint density at radius 1 is 0.808 bits per heavy atom. The Bertz CT molecular complexity index is 900. The van der Waals surface area contributed by atoms with Gasteiger partial charge in [0, 0.05) is 26.3 Å². The van der Waals surface area contributed by atoms with Gasteiger partial charge in [0.2, 0.25) is 0 Å². The van der Waals surface area contributed by atoms with Gasteiger partial charge in [-0.3, -0.25) is 4.79 Å². The number of rotatable bonds is 6. The third-order valence-corrected chi connectivity index (χ3v) is 5.72. The summed E-state index contributed by atoms with van der Waals surface area (Å²) in [7, 11) is 0. The normalized spacial score (nSPS) is 11.8. The van der Waals surface area contributed by atoms with Crippen LogP contribution in [-0.4, -0.2) is 11.5 Å². The minimum absolute atomic E-state index is 0.0741. The van der Waals surface area contributed by atoms with Gasteiger partial charge in [-0.05, 0) is 54.5 Å². The lowest BCUT2D eigenvalue weighted by atomic mass is 9.96. The van der Waals surface area contributed by atoms with Gasteiger partial charge in [-0.15, -0.1) is 11.8 Å². The first kappa shape index (κ1) is 18.7. The molecule has 0 atom stereocenters. The number of benzene rings is 3. The lowest BCUT2D eigenvalue weighted by Gasteiger charge is -2.13. The van der Waals surface area contributed by atoms with Crippen molar-refractivity contribution in [2.75, 3.05) is 5.75 Å². The van der Waals surface area contributed by atoms with E-state index in [4.69, 9.17) is 0 Å². The van der Waals surface area contributed by atoms with Gasteiger partial charge in [-0.2, -0.15) is 0 Å². The van der Waals surface area contributed by atoms with Crippen molar-refractivity contribution in [2.24, 2.45) is 0 Å². The summed E-state index contributed by atoms with van der Waals surface area (Å²) in [6.45, 7) is 1.93. The largest absolute Gasteiger partial charge is 0.289 e. The van der Waals surface area contributed by atoms with Crippen LogP contribution in [0.5, 0.6) is 0 Å². The molecule has 0 aliphatic heterocycles. The van der Waals surface area contributed by atoms with Crippen LogP contribution in [0.25, 0.3) is 5.57 Å². The fourth-order valence-electron chi connectivity index (χ4n) is 2.67. The van der Waals surface area contributed by atoms with Crippen LogP contribution < -0.4 is 0 Å². The molecular weight excluding hydrogens is 404 g/mol. The predicted octanol–water partition coefficient (Wildman–Crippen LogP) is 6.90. The maximum Gasteiger partial charge on any atom is 0.189 e. The number of Topliss-reactive ketones (excluding diaryl/α,β-unsaturated/α-hetero) is 1. The van der Waals surface area contributed by atoms with Gasteiger partial charge in [0.05, 0.1) is 0 Å². The van der Waals surface area contributed by atoms with Gasteiger partial charge < -0.3 is 0 Å². The number of allylic oxidation sites excluding steroid dienone is 1. The standard InChI is InChI=1S/C23H19BrOS/c1-17(23(25)19-12-14-20(24)15-13-19)22(18-8-4-2-5-9-18)16-26-21-10-6-3-7-11-21/h2-15H,16H2,1H3/b22-17-. The van der Waals surface area contributed by atoms with Crippen LogP contribution in [-0.2, 0) is 0 Å². The van der Waals surface area contributed by atoms with Crippen molar-refractivity contribution in [1.82, 2.24) is 0 Å². The number of hydrogen-bond acceptors (Lipinski definition) is 2. The van der Waals surface area contributed by atoms with Gasteiger partial charge in [-0.25, -0.2) is 0 Å². The Balaban J connectivity index is 1.94.